The summed E-state index contributed by atoms with van der Waals surface area (Å²) < 4.78 is 0. The summed E-state index contributed by atoms with van der Waals surface area (Å²) in [6.07, 6.45) is 0.669. The van der Waals surface area contributed by atoms with E-state index in [2.05, 4.69) is 15.5 Å². The Balaban J connectivity index is 2.11. The fraction of sp³-hybridized carbons (Fsp3) is 0.250. The molecule has 0 spiro atoms. The lowest BCUT2D eigenvalue weighted by molar-refractivity contribution is 0.299. The van der Waals surface area contributed by atoms with E-state index in [9.17, 15) is 0 Å². The average molecular weight is 252 g/mol. The molecule has 0 atom stereocenters. The van der Waals surface area contributed by atoms with Crippen LogP contribution in [0.5, 0.6) is 0 Å². The van der Waals surface area contributed by atoms with Crippen molar-refractivity contribution in [3.63, 3.8) is 0 Å². The first kappa shape index (κ1) is 12.0. The lowest BCUT2D eigenvalue weighted by Crippen LogP contribution is -1.93. The minimum atomic E-state index is 0.164. The molecular weight excluding hydrogens is 238 g/mol. The molecule has 4 nitrogen and oxygen atoms in total. The highest BCUT2D eigenvalue weighted by Crippen LogP contribution is 2.25. The number of aromatic amines is 1. The second-order valence-electron chi connectivity index (χ2n) is 3.81. The zero-order valence-electron chi connectivity index (χ0n) is 9.50. The highest BCUT2D eigenvalue weighted by atomic mass is 35.5. The van der Waals surface area contributed by atoms with Crippen LogP contribution in [0.15, 0.2) is 24.3 Å². The molecule has 0 radical (unpaired) electrons. The molecule has 2 aromatic rings. The van der Waals surface area contributed by atoms with Gasteiger partial charge in [-0.3, -0.25) is 5.10 Å². The molecule has 0 aliphatic carbocycles. The summed E-state index contributed by atoms with van der Waals surface area (Å²) >= 11 is 6.05. The summed E-state index contributed by atoms with van der Waals surface area (Å²) in [6.45, 7) is 2.03. The van der Waals surface area contributed by atoms with Gasteiger partial charge < -0.3 is 10.4 Å². The smallest absolute Gasteiger partial charge is 0.171 e. The van der Waals surface area contributed by atoms with E-state index in [1.807, 2.05) is 31.2 Å². The van der Waals surface area contributed by atoms with Crippen LogP contribution in [0.1, 0.15) is 11.3 Å². The molecule has 17 heavy (non-hydrogen) atoms. The Morgan fingerprint density at radius 3 is 2.59 bits per heavy atom. The number of aliphatic hydroxyl groups excluding tert-OH is 1. The topological polar surface area (TPSA) is 60.9 Å². The van der Waals surface area contributed by atoms with Crippen molar-refractivity contribution in [1.82, 2.24) is 10.2 Å². The van der Waals surface area contributed by atoms with Crippen molar-refractivity contribution < 1.29 is 5.11 Å². The van der Waals surface area contributed by atoms with Gasteiger partial charge in [0.05, 0.1) is 5.69 Å². The lowest BCUT2D eigenvalue weighted by atomic mass is 10.1. The van der Waals surface area contributed by atoms with Crippen molar-refractivity contribution in [2.45, 2.75) is 13.3 Å². The quantitative estimate of drug-likeness (QED) is 0.783. The van der Waals surface area contributed by atoms with Crippen LogP contribution in [-0.2, 0) is 6.42 Å². The number of nitrogens with one attached hydrogen (secondary N) is 2. The van der Waals surface area contributed by atoms with E-state index in [0.717, 1.165) is 16.9 Å². The Morgan fingerprint density at radius 2 is 2.06 bits per heavy atom. The van der Waals surface area contributed by atoms with Crippen LogP contribution in [0.25, 0.3) is 0 Å². The number of anilines is 2. The molecule has 0 aliphatic rings. The van der Waals surface area contributed by atoms with E-state index in [-0.39, 0.29) is 6.61 Å². The molecule has 1 aromatic heterocycles. The van der Waals surface area contributed by atoms with Crippen LogP contribution in [0.4, 0.5) is 11.5 Å². The Morgan fingerprint density at radius 1 is 1.35 bits per heavy atom. The minimum absolute atomic E-state index is 0.164. The molecule has 90 valence electrons. The Hall–Kier alpha value is -1.52. The van der Waals surface area contributed by atoms with E-state index in [1.54, 1.807) is 0 Å². The van der Waals surface area contributed by atoms with Crippen molar-refractivity contribution in [3.8, 4) is 0 Å². The van der Waals surface area contributed by atoms with Crippen molar-refractivity contribution >= 4 is 23.1 Å². The number of H-pyrrole nitrogens is 1. The highest BCUT2D eigenvalue weighted by Gasteiger charge is 2.07. The number of aryl methyl sites for hydroxylation is 1. The molecule has 1 heterocycles. The lowest BCUT2D eigenvalue weighted by Gasteiger charge is -2.04. The molecular formula is C12H14ClN3O. The summed E-state index contributed by atoms with van der Waals surface area (Å²) in [5.74, 6) is 0.624. The molecule has 0 aliphatic heterocycles. The Labute approximate surface area is 105 Å². The summed E-state index contributed by atoms with van der Waals surface area (Å²) in [5.41, 5.74) is 2.86. The zero-order chi connectivity index (χ0) is 12.3. The molecule has 0 fully saturated rings. The number of hydrogen-bond acceptors (Lipinski definition) is 3. The van der Waals surface area contributed by atoms with Crippen LogP contribution in [0, 0.1) is 6.92 Å². The van der Waals surface area contributed by atoms with Gasteiger partial charge >= 0.3 is 0 Å². The molecule has 2 rings (SSSR count). The van der Waals surface area contributed by atoms with E-state index >= 15 is 0 Å². The van der Waals surface area contributed by atoms with Crippen molar-refractivity contribution in [1.29, 1.82) is 0 Å². The van der Waals surface area contributed by atoms with E-state index < -0.39 is 0 Å². The zero-order valence-corrected chi connectivity index (χ0v) is 10.3. The van der Waals surface area contributed by atoms with E-state index in [0.29, 0.717) is 17.3 Å². The van der Waals surface area contributed by atoms with E-state index in [4.69, 9.17) is 16.7 Å². The highest BCUT2D eigenvalue weighted by molar-refractivity contribution is 6.33. The second kappa shape index (κ2) is 5.21. The first-order valence-electron chi connectivity index (χ1n) is 5.38. The van der Waals surface area contributed by atoms with Gasteiger partial charge in [-0.25, -0.2) is 0 Å². The third-order valence-electron chi connectivity index (χ3n) is 2.49. The van der Waals surface area contributed by atoms with Crippen molar-refractivity contribution in [2.75, 3.05) is 11.9 Å². The monoisotopic (exact) mass is 251 g/mol. The molecule has 5 heteroatoms. The van der Waals surface area contributed by atoms with Gasteiger partial charge in [0.25, 0.3) is 0 Å². The molecule has 0 saturated carbocycles. The largest absolute Gasteiger partial charge is 0.396 e. The normalized spacial score (nSPS) is 10.5. The van der Waals surface area contributed by atoms with Crippen LogP contribution >= 0.6 is 11.6 Å². The van der Waals surface area contributed by atoms with Crippen LogP contribution < -0.4 is 5.32 Å². The number of aliphatic hydroxyl groups is 1. The predicted molar refractivity (Wildman–Crippen MR) is 68.8 cm³/mol. The van der Waals surface area contributed by atoms with Crippen LogP contribution in [0.3, 0.4) is 0 Å². The fourth-order valence-electron chi connectivity index (χ4n) is 1.52. The number of rotatable bonds is 4. The maximum absolute atomic E-state index is 8.82. The molecule has 0 amide bonds. The van der Waals surface area contributed by atoms with Gasteiger partial charge in [-0.1, -0.05) is 23.7 Å². The minimum Gasteiger partial charge on any atom is -0.396 e. The predicted octanol–water partition coefficient (Wildman–Crippen LogP) is 2.65. The third kappa shape index (κ3) is 2.78. The first-order chi connectivity index (χ1) is 8.20. The molecule has 0 unspecified atom stereocenters. The van der Waals surface area contributed by atoms with Gasteiger partial charge in [0.1, 0.15) is 5.02 Å². The van der Waals surface area contributed by atoms with Crippen molar-refractivity contribution in [2.24, 2.45) is 0 Å². The standard InChI is InChI=1S/C12H14ClN3O/c1-8-11(13)12(16-15-8)14-10-4-2-9(3-5-10)6-7-17/h2-5,17H,6-7H2,1H3,(H2,14,15,16). The summed E-state index contributed by atoms with van der Waals surface area (Å²) in [7, 11) is 0. The number of aromatic nitrogens is 2. The van der Waals surface area contributed by atoms with Gasteiger partial charge in [-0.05, 0) is 31.0 Å². The molecule has 3 N–H and O–H groups in total. The summed E-state index contributed by atoms with van der Waals surface area (Å²) in [4.78, 5) is 0. The maximum atomic E-state index is 8.82. The van der Waals surface area contributed by atoms with Gasteiger partial charge in [-0.15, -0.1) is 0 Å². The van der Waals surface area contributed by atoms with Gasteiger partial charge in [0.15, 0.2) is 5.82 Å². The SMILES string of the molecule is Cc1[nH]nc(Nc2ccc(CCO)cc2)c1Cl. The Bertz CT molecular complexity index is 493. The molecule has 0 bridgehead atoms. The fourth-order valence-corrected chi connectivity index (χ4v) is 1.65. The van der Waals surface area contributed by atoms with Crippen LogP contribution in [-0.4, -0.2) is 21.9 Å². The number of halogens is 1. The molecule has 0 saturated heterocycles. The number of nitrogens with zero attached hydrogens (tertiary/aromatic N) is 1. The average Bonchev–Trinajstić information content (AvgIpc) is 2.64. The second-order valence-corrected chi connectivity index (χ2v) is 4.18. The summed E-state index contributed by atoms with van der Waals surface area (Å²) in [5, 5.41) is 19.4. The first-order valence-corrected chi connectivity index (χ1v) is 5.76. The third-order valence-corrected chi connectivity index (χ3v) is 2.95. The molecule has 1 aromatic carbocycles. The van der Waals surface area contributed by atoms with E-state index in [1.165, 1.54) is 0 Å². The van der Waals surface area contributed by atoms with Gasteiger partial charge in [0.2, 0.25) is 0 Å². The maximum Gasteiger partial charge on any atom is 0.171 e. The number of hydrogen-bond donors (Lipinski definition) is 3. The summed E-state index contributed by atoms with van der Waals surface area (Å²) in [6, 6.07) is 7.80. The van der Waals surface area contributed by atoms with Gasteiger partial charge in [0, 0.05) is 12.3 Å². The van der Waals surface area contributed by atoms with Crippen LogP contribution in [0.2, 0.25) is 5.02 Å². The Kier molecular flexibility index (Phi) is 3.66. The number of benzene rings is 1. The van der Waals surface area contributed by atoms with Gasteiger partial charge in [-0.2, -0.15) is 5.10 Å². The van der Waals surface area contributed by atoms with Crippen molar-refractivity contribution in [3.05, 3.63) is 40.5 Å².